The highest BCUT2D eigenvalue weighted by Gasteiger charge is 2.61. The second-order valence-electron chi connectivity index (χ2n) is 10.2. The molecule has 2 saturated heterocycles. The van der Waals surface area contributed by atoms with E-state index in [0.717, 1.165) is 38.5 Å². The van der Waals surface area contributed by atoms with Gasteiger partial charge >= 0.3 is 10.2 Å². The molecule has 0 spiro atoms. The van der Waals surface area contributed by atoms with E-state index < -0.39 is 27.7 Å². The maximum absolute atomic E-state index is 13.4. The van der Waals surface area contributed by atoms with Crippen molar-refractivity contribution in [3.63, 3.8) is 0 Å². The maximum atomic E-state index is 13.4. The summed E-state index contributed by atoms with van der Waals surface area (Å²) >= 11 is 0. The Bertz CT molecular complexity index is 954. The number of carbonyl (C=O) groups excluding carboxylic acids is 3. The molecule has 3 fully saturated rings. The lowest BCUT2D eigenvalue weighted by molar-refractivity contribution is -0.139. The molecule has 4 aliphatic rings. The lowest BCUT2D eigenvalue weighted by atomic mass is 10.1. The molecule has 3 heterocycles. The molecule has 0 bridgehead atoms. The van der Waals surface area contributed by atoms with E-state index in [-0.39, 0.29) is 30.4 Å². The van der Waals surface area contributed by atoms with Gasteiger partial charge in [0.25, 0.3) is 5.91 Å². The molecule has 0 aromatic heterocycles. The monoisotopic (exact) mass is 510 g/mol. The fraction of sp³-hybridized carbons (Fsp3) is 0.792. The third-order valence-corrected chi connectivity index (χ3v) is 9.28. The maximum Gasteiger partial charge on any atom is 0.304 e. The zero-order valence-corrected chi connectivity index (χ0v) is 21.4. The minimum atomic E-state index is -4.09. The fourth-order valence-corrected chi connectivity index (χ4v) is 7.13. The second-order valence-corrected chi connectivity index (χ2v) is 11.8. The summed E-state index contributed by atoms with van der Waals surface area (Å²) in [4.78, 5) is 41.1. The fourth-order valence-electron chi connectivity index (χ4n) is 5.67. The van der Waals surface area contributed by atoms with E-state index in [2.05, 4.69) is 10.0 Å². The minimum Gasteiger partial charge on any atom is -0.383 e. The summed E-state index contributed by atoms with van der Waals surface area (Å²) in [7, 11) is -2.57. The van der Waals surface area contributed by atoms with Crippen LogP contribution in [0, 0.1) is 5.92 Å². The van der Waals surface area contributed by atoms with Gasteiger partial charge in [-0.15, -0.1) is 0 Å². The van der Waals surface area contributed by atoms with Crippen LogP contribution in [0.15, 0.2) is 12.2 Å². The molecule has 4 rings (SSSR count). The molecule has 0 unspecified atom stereocenters. The average molecular weight is 511 g/mol. The van der Waals surface area contributed by atoms with Crippen molar-refractivity contribution in [2.45, 2.75) is 88.3 Å². The third kappa shape index (κ3) is 5.72. The molecular formula is C24H38N4O6S. The minimum absolute atomic E-state index is 0.0257. The highest BCUT2D eigenvalue weighted by atomic mass is 32.2. The lowest BCUT2D eigenvalue weighted by Crippen LogP contribution is -2.58. The molecule has 0 aromatic rings. The zero-order chi connectivity index (χ0) is 25.1. The van der Waals surface area contributed by atoms with Crippen LogP contribution in [0.25, 0.3) is 0 Å². The van der Waals surface area contributed by atoms with Gasteiger partial charge in [0.1, 0.15) is 11.6 Å². The first-order valence-corrected chi connectivity index (χ1v) is 14.3. The van der Waals surface area contributed by atoms with E-state index in [1.165, 1.54) is 11.4 Å². The molecule has 10 nitrogen and oxygen atoms in total. The van der Waals surface area contributed by atoms with E-state index in [0.29, 0.717) is 45.2 Å². The van der Waals surface area contributed by atoms with Gasteiger partial charge in [-0.05, 0) is 51.4 Å². The molecular weight excluding hydrogens is 472 g/mol. The van der Waals surface area contributed by atoms with Crippen molar-refractivity contribution in [3.05, 3.63) is 12.2 Å². The molecule has 1 saturated carbocycles. The second kappa shape index (κ2) is 11.0. The van der Waals surface area contributed by atoms with E-state index in [1.807, 2.05) is 12.2 Å². The average Bonchev–Trinajstić information content (AvgIpc) is 3.17. The Morgan fingerprint density at radius 1 is 1.14 bits per heavy atom. The number of amides is 3. The van der Waals surface area contributed by atoms with Crippen LogP contribution in [0.2, 0.25) is 0 Å². The number of nitrogens with zero attached hydrogens (tertiary/aromatic N) is 2. The normalized spacial score (nSPS) is 33.7. The van der Waals surface area contributed by atoms with Gasteiger partial charge < -0.3 is 15.0 Å². The highest BCUT2D eigenvalue weighted by molar-refractivity contribution is 7.87. The van der Waals surface area contributed by atoms with Crippen LogP contribution < -0.4 is 10.0 Å². The topological polar surface area (TPSA) is 125 Å². The number of methoxy groups -OCH3 is 1. The van der Waals surface area contributed by atoms with Crippen LogP contribution in [-0.2, 0) is 29.3 Å². The summed E-state index contributed by atoms with van der Waals surface area (Å²) in [6, 6.07) is -0.943. The Morgan fingerprint density at radius 2 is 1.91 bits per heavy atom. The van der Waals surface area contributed by atoms with Crippen molar-refractivity contribution < 1.29 is 27.5 Å². The SMILES string of the molecule is COC[C@@H]1CCCN1S(=O)(=O)NC(=O)[C@@]12C[C@H]1/C=C\CCCCCCC(=O)N1CCC[C@H]1C(=O)N2. The molecule has 4 atom stereocenters. The molecule has 3 aliphatic heterocycles. The largest absolute Gasteiger partial charge is 0.383 e. The van der Waals surface area contributed by atoms with Gasteiger partial charge in [0, 0.05) is 38.6 Å². The number of hydrogen-bond acceptors (Lipinski definition) is 6. The Morgan fingerprint density at radius 3 is 2.71 bits per heavy atom. The Hall–Kier alpha value is -1.98. The predicted octanol–water partition coefficient (Wildman–Crippen LogP) is 1.23. The summed E-state index contributed by atoms with van der Waals surface area (Å²) in [6.45, 7) is 1.11. The quantitative estimate of drug-likeness (QED) is 0.536. The van der Waals surface area contributed by atoms with Gasteiger partial charge in [0.15, 0.2) is 0 Å². The molecule has 11 heteroatoms. The van der Waals surface area contributed by atoms with Gasteiger partial charge in [-0.3, -0.25) is 14.4 Å². The van der Waals surface area contributed by atoms with Gasteiger partial charge in [-0.2, -0.15) is 12.7 Å². The molecule has 3 amide bonds. The Balaban J connectivity index is 1.53. The van der Waals surface area contributed by atoms with Crippen LogP contribution >= 0.6 is 0 Å². The van der Waals surface area contributed by atoms with Crippen molar-refractivity contribution in [2.24, 2.45) is 5.92 Å². The lowest BCUT2D eigenvalue weighted by Gasteiger charge is -2.28. The van der Waals surface area contributed by atoms with Gasteiger partial charge in [0.05, 0.1) is 6.61 Å². The predicted molar refractivity (Wildman–Crippen MR) is 129 cm³/mol. The third-order valence-electron chi connectivity index (χ3n) is 7.73. The summed E-state index contributed by atoms with van der Waals surface area (Å²) in [5.74, 6) is -1.41. The molecule has 2 N–H and O–H groups in total. The van der Waals surface area contributed by atoms with Gasteiger partial charge in [-0.1, -0.05) is 25.0 Å². The van der Waals surface area contributed by atoms with Crippen molar-refractivity contribution in [2.75, 3.05) is 26.8 Å². The smallest absolute Gasteiger partial charge is 0.304 e. The van der Waals surface area contributed by atoms with Gasteiger partial charge in [-0.25, -0.2) is 4.72 Å². The zero-order valence-electron chi connectivity index (χ0n) is 20.5. The van der Waals surface area contributed by atoms with Crippen LogP contribution in [-0.4, -0.2) is 79.8 Å². The Kier molecular flexibility index (Phi) is 8.17. The summed E-state index contributed by atoms with van der Waals surface area (Å²) in [6.07, 6.45) is 12.0. The van der Waals surface area contributed by atoms with E-state index in [1.54, 1.807) is 4.90 Å². The number of ether oxygens (including phenoxy) is 1. The standard InChI is InChI=1S/C24H38N4O6S/c1-34-17-19-11-8-15-28(19)35(32,33)26-23(31)24-16-18(24)10-6-4-2-3-5-7-13-21(29)27-14-9-12-20(27)22(30)25-24/h6,10,18-20H,2-5,7-9,11-17H2,1H3,(H,25,30)(H,26,31)/b10-6-/t18-,19+,20+,24-/m1/s1. The number of nitrogens with one attached hydrogen (secondary N) is 2. The molecule has 0 aromatic carbocycles. The van der Waals surface area contributed by atoms with E-state index in [4.69, 9.17) is 4.74 Å². The molecule has 196 valence electrons. The first-order valence-electron chi connectivity index (χ1n) is 12.9. The number of rotatable bonds is 5. The van der Waals surface area contributed by atoms with Crippen molar-refractivity contribution in [1.82, 2.24) is 19.2 Å². The number of fused-ring (bicyclic) bond motifs is 2. The first-order chi connectivity index (χ1) is 16.8. The highest BCUT2D eigenvalue weighted by Crippen LogP contribution is 2.45. The van der Waals surface area contributed by atoms with E-state index in [9.17, 15) is 22.8 Å². The van der Waals surface area contributed by atoms with Crippen LogP contribution in [0.4, 0.5) is 0 Å². The van der Waals surface area contributed by atoms with Crippen LogP contribution in [0.1, 0.15) is 70.6 Å². The van der Waals surface area contributed by atoms with E-state index >= 15 is 0 Å². The van der Waals surface area contributed by atoms with Crippen LogP contribution in [0.5, 0.6) is 0 Å². The van der Waals surface area contributed by atoms with Crippen LogP contribution in [0.3, 0.4) is 0 Å². The molecule has 35 heavy (non-hydrogen) atoms. The Labute approximate surface area is 208 Å². The number of allylic oxidation sites excluding steroid dienone is 1. The molecule has 1 aliphatic carbocycles. The summed E-state index contributed by atoms with van der Waals surface area (Å²) < 4.78 is 34.9. The summed E-state index contributed by atoms with van der Waals surface area (Å²) in [5, 5.41) is 2.87. The number of carbonyl (C=O) groups is 3. The summed E-state index contributed by atoms with van der Waals surface area (Å²) in [5.41, 5.74) is -1.32. The van der Waals surface area contributed by atoms with Crippen molar-refractivity contribution in [3.8, 4) is 0 Å². The van der Waals surface area contributed by atoms with Crippen molar-refractivity contribution >= 4 is 27.9 Å². The van der Waals surface area contributed by atoms with Gasteiger partial charge in [0.2, 0.25) is 11.8 Å². The van der Waals surface area contributed by atoms with Crippen molar-refractivity contribution in [1.29, 1.82) is 0 Å². The molecule has 0 radical (unpaired) electrons. The first kappa shape index (κ1) is 26.1. The number of hydrogen-bond donors (Lipinski definition) is 2.